The zero-order valence-electron chi connectivity index (χ0n) is 20.6. The van der Waals surface area contributed by atoms with Gasteiger partial charge >= 0.3 is 6.09 Å². The fraction of sp³-hybridized carbons (Fsp3) is 0.600. The third-order valence-corrected chi connectivity index (χ3v) is 6.07. The number of nitrogens with zero attached hydrogens (tertiary/aromatic N) is 2. The minimum atomic E-state index is -0.820. The van der Waals surface area contributed by atoms with Gasteiger partial charge in [-0.05, 0) is 76.2 Å². The number of amides is 3. The minimum absolute atomic E-state index is 0.127. The highest BCUT2D eigenvalue weighted by Crippen LogP contribution is 2.14. The van der Waals surface area contributed by atoms with Crippen LogP contribution in [-0.2, 0) is 20.7 Å². The van der Waals surface area contributed by atoms with Crippen LogP contribution in [0.3, 0.4) is 0 Å². The summed E-state index contributed by atoms with van der Waals surface area (Å²) in [5, 5.41) is 14.6. The second kappa shape index (κ2) is 13.2. The number of ether oxygens (including phenoxy) is 1. The van der Waals surface area contributed by atoms with E-state index >= 15 is 0 Å². The molecule has 1 aromatic rings. The van der Waals surface area contributed by atoms with Gasteiger partial charge in [-0.3, -0.25) is 9.59 Å². The lowest BCUT2D eigenvalue weighted by molar-refractivity contribution is -0.137. The predicted octanol–water partition coefficient (Wildman–Crippen LogP) is 3.24. The van der Waals surface area contributed by atoms with E-state index in [1.165, 1.54) is 0 Å². The Hall–Kier alpha value is -2.73. The van der Waals surface area contributed by atoms with E-state index in [0.29, 0.717) is 37.2 Å². The van der Waals surface area contributed by atoms with Crippen LogP contribution in [0.4, 0.5) is 4.79 Å². The first-order valence-electron chi connectivity index (χ1n) is 11.7. The van der Waals surface area contributed by atoms with Gasteiger partial charge in [0.05, 0.1) is 11.6 Å². The average molecular weight is 489 g/mol. The molecule has 0 bridgehead atoms. The number of rotatable bonds is 9. The number of thioether (sulfide) groups is 1. The van der Waals surface area contributed by atoms with Crippen molar-refractivity contribution in [3.8, 4) is 6.07 Å². The third kappa shape index (κ3) is 9.26. The number of carbonyl (C=O) groups excluding carboxylic acids is 3. The fourth-order valence-electron chi connectivity index (χ4n) is 3.71. The number of alkyl carbamates (subject to hydrolysis) is 1. The first-order chi connectivity index (χ1) is 16.1. The van der Waals surface area contributed by atoms with Gasteiger partial charge in [-0.2, -0.15) is 17.0 Å². The number of likely N-dealkylation sites (tertiary alicyclic amines) is 1. The number of hydrogen-bond donors (Lipinski definition) is 2. The second-order valence-electron chi connectivity index (χ2n) is 9.44. The molecule has 2 N–H and O–H groups in total. The summed E-state index contributed by atoms with van der Waals surface area (Å²) in [6.45, 7) is 6.62. The number of benzene rings is 1. The van der Waals surface area contributed by atoms with E-state index in [0.717, 1.165) is 24.8 Å². The van der Waals surface area contributed by atoms with Gasteiger partial charge in [0.25, 0.3) is 0 Å². The van der Waals surface area contributed by atoms with Crippen molar-refractivity contribution >= 4 is 29.7 Å². The Kier molecular flexibility index (Phi) is 10.7. The monoisotopic (exact) mass is 488 g/mol. The van der Waals surface area contributed by atoms with Crippen LogP contribution in [0.25, 0.3) is 0 Å². The van der Waals surface area contributed by atoms with Crippen molar-refractivity contribution in [2.75, 3.05) is 25.1 Å². The van der Waals surface area contributed by atoms with E-state index in [2.05, 4.69) is 16.7 Å². The lowest BCUT2D eigenvalue weighted by Crippen LogP contribution is -2.56. The normalized spacial score (nSPS) is 15.6. The maximum atomic E-state index is 13.4. The zero-order valence-corrected chi connectivity index (χ0v) is 21.4. The summed E-state index contributed by atoms with van der Waals surface area (Å²) in [6.07, 6.45) is 4.95. The number of carbonyl (C=O) groups is 3. The SMILES string of the molecule is CSCC[C@H](NC(=O)OC(C)(C)C)C(=O)N[C@@H](Cc1ccc(C#N)cc1)C(=O)N1CCCCC1. The smallest absolute Gasteiger partial charge is 0.408 e. The van der Waals surface area contributed by atoms with Crippen molar-refractivity contribution in [1.82, 2.24) is 15.5 Å². The van der Waals surface area contributed by atoms with Crippen LogP contribution in [0, 0.1) is 11.3 Å². The molecule has 2 rings (SSSR count). The number of piperidine rings is 1. The highest BCUT2D eigenvalue weighted by Gasteiger charge is 2.31. The van der Waals surface area contributed by atoms with E-state index < -0.39 is 29.7 Å². The van der Waals surface area contributed by atoms with Crippen molar-refractivity contribution in [2.24, 2.45) is 0 Å². The summed E-state index contributed by atoms with van der Waals surface area (Å²) in [4.78, 5) is 40.7. The van der Waals surface area contributed by atoms with Gasteiger partial charge in [0, 0.05) is 19.5 Å². The Labute approximate surface area is 206 Å². The molecule has 1 aliphatic heterocycles. The molecule has 0 spiro atoms. The van der Waals surface area contributed by atoms with E-state index in [-0.39, 0.29) is 5.91 Å². The van der Waals surface area contributed by atoms with E-state index in [1.807, 2.05) is 6.26 Å². The molecule has 0 aliphatic carbocycles. The Morgan fingerprint density at radius 2 is 1.74 bits per heavy atom. The first-order valence-corrected chi connectivity index (χ1v) is 13.1. The largest absolute Gasteiger partial charge is 0.444 e. The van der Waals surface area contributed by atoms with E-state index in [1.54, 1.807) is 61.7 Å². The molecule has 9 heteroatoms. The van der Waals surface area contributed by atoms with Crippen LogP contribution in [0.15, 0.2) is 24.3 Å². The van der Waals surface area contributed by atoms with E-state index in [4.69, 9.17) is 10.00 Å². The van der Waals surface area contributed by atoms with Crippen LogP contribution < -0.4 is 10.6 Å². The highest BCUT2D eigenvalue weighted by molar-refractivity contribution is 7.98. The zero-order chi connectivity index (χ0) is 25.1. The topological polar surface area (TPSA) is 112 Å². The summed E-state index contributed by atoms with van der Waals surface area (Å²) in [5.41, 5.74) is 0.688. The molecule has 186 valence electrons. The molecule has 1 heterocycles. The summed E-state index contributed by atoms with van der Waals surface area (Å²) in [6, 6.07) is 7.49. The van der Waals surface area contributed by atoms with Gasteiger partial charge in [0.2, 0.25) is 11.8 Å². The lowest BCUT2D eigenvalue weighted by Gasteiger charge is -2.31. The van der Waals surface area contributed by atoms with Crippen molar-refractivity contribution in [2.45, 2.75) is 70.6 Å². The molecular weight excluding hydrogens is 452 g/mol. The van der Waals surface area contributed by atoms with Gasteiger partial charge in [0.15, 0.2) is 0 Å². The van der Waals surface area contributed by atoms with Crippen LogP contribution in [0.5, 0.6) is 0 Å². The molecule has 0 unspecified atom stereocenters. The van der Waals surface area contributed by atoms with Crippen molar-refractivity contribution < 1.29 is 19.1 Å². The summed E-state index contributed by atoms with van der Waals surface area (Å²) in [7, 11) is 0. The van der Waals surface area contributed by atoms with Crippen LogP contribution in [0.1, 0.15) is 57.6 Å². The number of nitrogens with one attached hydrogen (secondary N) is 2. The highest BCUT2D eigenvalue weighted by atomic mass is 32.2. The number of hydrogen-bond acceptors (Lipinski definition) is 6. The molecule has 0 radical (unpaired) electrons. The Morgan fingerprint density at radius 3 is 2.29 bits per heavy atom. The molecule has 34 heavy (non-hydrogen) atoms. The van der Waals surface area contributed by atoms with Gasteiger partial charge in [-0.15, -0.1) is 0 Å². The lowest BCUT2D eigenvalue weighted by atomic mass is 10.0. The molecule has 0 saturated carbocycles. The predicted molar refractivity (Wildman–Crippen MR) is 133 cm³/mol. The molecule has 0 aromatic heterocycles. The van der Waals surface area contributed by atoms with Crippen LogP contribution >= 0.6 is 11.8 Å². The minimum Gasteiger partial charge on any atom is -0.444 e. The molecule has 1 fully saturated rings. The van der Waals surface area contributed by atoms with Gasteiger partial charge in [0.1, 0.15) is 17.7 Å². The standard InChI is InChI=1S/C25H36N4O4S/c1-25(2,3)33-24(32)28-20(12-15-34-4)22(30)27-21(23(31)29-13-6-5-7-14-29)16-18-8-10-19(17-26)11-9-18/h8-11,20-21H,5-7,12-16H2,1-4H3,(H,27,30)(H,28,32)/t20-,21-/m0/s1. The van der Waals surface area contributed by atoms with Gasteiger partial charge in [-0.25, -0.2) is 4.79 Å². The summed E-state index contributed by atoms with van der Waals surface area (Å²) >= 11 is 1.57. The molecular formula is C25H36N4O4S. The molecule has 1 aromatic carbocycles. The Bertz CT molecular complexity index is 870. The van der Waals surface area contributed by atoms with Crippen molar-refractivity contribution in [1.29, 1.82) is 5.26 Å². The Morgan fingerprint density at radius 1 is 1.09 bits per heavy atom. The maximum absolute atomic E-state index is 13.4. The summed E-state index contributed by atoms with van der Waals surface area (Å²) in [5.74, 6) is 0.121. The van der Waals surface area contributed by atoms with Crippen LogP contribution in [-0.4, -0.2) is 65.6 Å². The molecule has 3 amide bonds. The number of nitriles is 1. The molecule has 8 nitrogen and oxygen atoms in total. The third-order valence-electron chi connectivity index (χ3n) is 5.42. The fourth-order valence-corrected chi connectivity index (χ4v) is 4.18. The van der Waals surface area contributed by atoms with E-state index in [9.17, 15) is 14.4 Å². The van der Waals surface area contributed by atoms with Crippen molar-refractivity contribution in [3.63, 3.8) is 0 Å². The molecule has 2 atom stereocenters. The molecule has 1 saturated heterocycles. The average Bonchev–Trinajstić information content (AvgIpc) is 2.80. The van der Waals surface area contributed by atoms with Crippen molar-refractivity contribution in [3.05, 3.63) is 35.4 Å². The first kappa shape index (κ1) is 27.5. The van der Waals surface area contributed by atoms with Gasteiger partial charge in [-0.1, -0.05) is 12.1 Å². The summed E-state index contributed by atoms with van der Waals surface area (Å²) < 4.78 is 5.33. The van der Waals surface area contributed by atoms with Gasteiger partial charge < -0.3 is 20.3 Å². The maximum Gasteiger partial charge on any atom is 0.408 e. The Balaban J connectivity index is 2.18. The molecule has 1 aliphatic rings. The quantitative estimate of drug-likeness (QED) is 0.552. The van der Waals surface area contributed by atoms with Crippen LogP contribution in [0.2, 0.25) is 0 Å². The second-order valence-corrected chi connectivity index (χ2v) is 10.4.